The van der Waals surface area contributed by atoms with E-state index in [1.807, 2.05) is 36.4 Å². The number of anilines is 2. The Hall–Kier alpha value is -2.62. The Kier molecular flexibility index (Phi) is 6.68. The summed E-state index contributed by atoms with van der Waals surface area (Å²) in [7, 11) is 0. The zero-order valence-electron chi connectivity index (χ0n) is 16.6. The van der Waals surface area contributed by atoms with Crippen LogP contribution in [0.1, 0.15) is 15.9 Å². The van der Waals surface area contributed by atoms with Gasteiger partial charge in [-0.2, -0.15) is 0 Å². The molecule has 0 atom stereocenters. The summed E-state index contributed by atoms with van der Waals surface area (Å²) in [5.74, 6) is -0.327. The van der Waals surface area contributed by atoms with Crippen LogP contribution in [0.4, 0.5) is 11.4 Å². The van der Waals surface area contributed by atoms with Crippen LogP contribution in [0, 0.1) is 6.92 Å². The van der Waals surface area contributed by atoms with Crippen LogP contribution in [0.2, 0.25) is 0 Å². The van der Waals surface area contributed by atoms with Gasteiger partial charge in [0.1, 0.15) is 11.3 Å². The summed E-state index contributed by atoms with van der Waals surface area (Å²) in [5.41, 5.74) is 5.72. The third kappa shape index (κ3) is 5.06. The molecule has 0 aliphatic rings. The minimum atomic E-state index is -0.425. The molecular weight excluding hydrogens is 606 g/mol. The highest BCUT2D eigenvalue weighted by molar-refractivity contribution is 9.11. The molecule has 3 N–H and O–H groups in total. The third-order valence-electron chi connectivity index (χ3n) is 4.61. The van der Waals surface area contributed by atoms with Gasteiger partial charge in [0, 0.05) is 26.1 Å². The molecule has 0 aliphatic heterocycles. The van der Waals surface area contributed by atoms with Crippen molar-refractivity contribution in [2.75, 3.05) is 10.7 Å². The standard InChI is InChI=1S/C23H16Br3N3O3/c1-12-2-5-17(11-20(12)30)27-22(31)18-9-13-8-15(25)10-19(26)21(13)32-23(18)29-28-16-6-3-14(24)4-7-16/h2-11,28,30H,1H3,(H,27,31)/b29-23-. The number of carbonyl (C=O) groups is 1. The number of aryl methyl sites for hydroxylation is 1. The normalized spacial score (nSPS) is 11.6. The average Bonchev–Trinajstić information content (AvgIpc) is 2.75. The number of phenols is 1. The monoisotopic (exact) mass is 619 g/mol. The van der Waals surface area contributed by atoms with Crippen LogP contribution < -0.4 is 16.3 Å². The largest absolute Gasteiger partial charge is 0.508 e. The lowest BCUT2D eigenvalue weighted by molar-refractivity contribution is 0.102. The predicted octanol–water partition coefficient (Wildman–Crippen LogP) is 6.91. The molecule has 32 heavy (non-hydrogen) atoms. The van der Waals surface area contributed by atoms with Gasteiger partial charge in [0.15, 0.2) is 5.58 Å². The molecule has 4 rings (SSSR count). The van der Waals surface area contributed by atoms with E-state index in [1.165, 1.54) is 6.07 Å². The van der Waals surface area contributed by atoms with Crippen molar-refractivity contribution in [3.05, 3.63) is 90.8 Å². The molecule has 0 spiro atoms. The molecule has 0 saturated heterocycles. The first-order valence-corrected chi connectivity index (χ1v) is 11.8. The van der Waals surface area contributed by atoms with Gasteiger partial charge in [-0.1, -0.05) is 37.9 Å². The summed E-state index contributed by atoms with van der Waals surface area (Å²) in [4.78, 5) is 13.1. The number of aromatic hydroxyl groups is 1. The van der Waals surface area contributed by atoms with Crippen molar-refractivity contribution in [3.8, 4) is 5.75 Å². The number of fused-ring (bicyclic) bond motifs is 1. The maximum atomic E-state index is 13.1. The van der Waals surface area contributed by atoms with Crippen LogP contribution in [-0.4, -0.2) is 11.0 Å². The lowest BCUT2D eigenvalue weighted by Crippen LogP contribution is -2.22. The molecule has 162 valence electrons. The maximum Gasteiger partial charge on any atom is 0.261 e. The van der Waals surface area contributed by atoms with Gasteiger partial charge in [0.25, 0.3) is 5.91 Å². The molecular formula is C23H16Br3N3O3. The Bertz CT molecular complexity index is 1400. The fourth-order valence-electron chi connectivity index (χ4n) is 2.94. The molecule has 1 amide bonds. The Labute approximate surface area is 208 Å². The summed E-state index contributed by atoms with van der Waals surface area (Å²) >= 11 is 10.4. The smallest absolute Gasteiger partial charge is 0.261 e. The second kappa shape index (κ2) is 9.48. The van der Waals surface area contributed by atoms with Gasteiger partial charge in [0.2, 0.25) is 5.55 Å². The van der Waals surface area contributed by atoms with Crippen LogP contribution in [0.25, 0.3) is 11.0 Å². The molecule has 0 saturated carbocycles. The Balaban J connectivity index is 1.79. The van der Waals surface area contributed by atoms with E-state index in [9.17, 15) is 9.90 Å². The van der Waals surface area contributed by atoms with E-state index in [0.29, 0.717) is 22.2 Å². The van der Waals surface area contributed by atoms with Gasteiger partial charge < -0.3 is 14.8 Å². The zero-order valence-corrected chi connectivity index (χ0v) is 21.4. The van der Waals surface area contributed by atoms with Crippen LogP contribution in [0.15, 0.2) is 83.6 Å². The van der Waals surface area contributed by atoms with Crippen molar-refractivity contribution in [2.24, 2.45) is 5.10 Å². The van der Waals surface area contributed by atoms with Crippen molar-refractivity contribution < 1.29 is 14.3 Å². The maximum absolute atomic E-state index is 13.1. The quantitative estimate of drug-likeness (QED) is 0.216. The molecule has 0 bridgehead atoms. The second-order valence-corrected chi connectivity index (χ2v) is 9.64. The first-order valence-electron chi connectivity index (χ1n) is 9.39. The summed E-state index contributed by atoms with van der Waals surface area (Å²) < 4.78 is 8.50. The lowest BCUT2D eigenvalue weighted by Gasteiger charge is -2.09. The van der Waals surface area contributed by atoms with E-state index in [0.717, 1.165) is 19.1 Å². The highest BCUT2D eigenvalue weighted by Crippen LogP contribution is 2.28. The van der Waals surface area contributed by atoms with E-state index in [1.54, 1.807) is 25.1 Å². The third-order valence-corrected chi connectivity index (χ3v) is 6.18. The molecule has 0 aliphatic carbocycles. The van der Waals surface area contributed by atoms with Crippen molar-refractivity contribution in [3.63, 3.8) is 0 Å². The molecule has 0 unspecified atom stereocenters. The number of hydrogen-bond donors (Lipinski definition) is 3. The number of nitrogens with one attached hydrogen (secondary N) is 2. The number of hydrogen-bond acceptors (Lipinski definition) is 5. The SMILES string of the molecule is Cc1ccc(NC(=O)c2cc3cc(Br)cc(Br)c3o/c2=N\Nc2ccc(Br)cc2)cc1O. The number of rotatable bonds is 4. The lowest BCUT2D eigenvalue weighted by atomic mass is 10.1. The number of carbonyl (C=O) groups excluding carboxylic acids is 1. The van der Waals surface area contributed by atoms with E-state index in [2.05, 4.69) is 63.6 Å². The fraction of sp³-hybridized carbons (Fsp3) is 0.0435. The van der Waals surface area contributed by atoms with Gasteiger partial charge in [-0.3, -0.25) is 10.2 Å². The van der Waals surface area contributed by atoms with Crippen LogP contribution in [0.5, 0.6) is 5.75 Å². The number of halogens is 3. The molecule has 3 aromatic carbocycles. The van der Waals surface area contributed by atoms with E-state index in [4.69, 9.17) is 4.42 Å². The molecule has 9 heteroatoms. The number of amides is 1. The Morgan fingerprint density at radius 1 is 0.938 bits per heavy atom. The van der Waals surface area contributed by atoms with Gasteiger partial charge in [-0.15, -0.1) is 5.10 Å². The van der Waals surface area contributed by atoms with Crippen molar-refractivity contribution in [1.82, 2.24) is 0 Å². The van der Waals surface area contributed by atoms with Crippen LogP contribution in [0.3, 0.4) is 0 Å². The van der Waals surface area contributed by atoms with Crippen LogP contribution in [-0.2, 0) is 0 Å². The molecule has 4 aromatic rings. The minimum Gasteiger partial charge on any atom is -0.508 e. The summed E-state index contributed by atoms with van der Waals surface area (Å²) in [5, 5.41) is 17.8. The highest BCUT2D eigenvalue weighted by Gasteiger charge is 2.15. The summed E-state index contributed by atoms with van der Waals surface area (Å²) in [6.07, 6.45) is 0. The van der Waals surface area contributed by atoms with E-state index in [-0.39, 0.29) is 16.9 Å². The topological polar surface area (TPSA) is 86.9 Å². The Morgan fingerprint density at radius 3 is 2.38 bits per heavy atom. The van der Waals surface area contributed by atoms with Gasteiger partial charge in [-0.05, 0) is 76.9 Å². The Morgan fingerprint density at radius 2 is 1.66 bits per heavy atom. The number of nitrogens with zero attached hydrogens (tertiary/aromatic N) is 1. The molecule has 0 radical (unpaired) electrons. The average molecular weight is 622 g/mol. The van der Waals surface area contributed by atoms with Crippen molar-refractivity contribution >= 4 is 76.0 Å². The fourth-order valence-corrected chi connectivity index (χ4v) is 4.54. The van der Waals surface area contributed by atoms with Crippen molar-refractivity contribution in [2.45, 2.75) is 6.92 Å². The second-order valence-electron chi connectivity index (χ2n) is 6.96. The molecule has 6 nitrogen and oxygen atoms in total. The van der Waals surface area contributed by atoms with E-state index >= 15 is 0 Å². The first kappa shape index (κ1) is 22.6. The summed E-state index contributed by atoms with van der Waals surface area (Å²) in [6, 6.07) is 17.8. The van der Waals surface area contributed by atoms with Gasteiger partial charge in [0.05, 0.1) is 10.2 Å². The van der Waals surface area contributed by atoms with Crippen LogP contribution >= 0.6 is 47.8 Å². The predicted molar refractivity (Wildman–Crippen MR) is 136 cm³/mol. The highest BCUT2D eigenvalue weighted by atomic mass is 79.9. The molecule has 1 heterocycles. The minimum absolute atomic E-state index is 0.0978. The summed E-state index contributed by atoms with van der Waals surface area (Å²) in [6.45, 7) is 1.78. The van der Waals surface area contributed by atoms with Gasteiger partial charge >= 0.3 is 0 Å². The molecule has 1 aromatic heterocycles. The molecule has 0 fully saturated rings. The van der Waals surface area contributed by atoms with Gasteiger partial charge in [-0.25, -0.2) is 0 Å². The number of phenolic OH excluding ortho intramolecular Hbond substituents is 1. The van der Waals surface area contributed by atoms with Crippen molar-refractivity contribution in [1.29, 1.82) is 0 Å². The van der Waals surface area contributed by atoms with E-state index < -0.39 is 5.91 Å². The number of benzene rings is 3. The zero-order chi connectivity index (χ0) is 22.8. The first-order chi connectivity index (χ1) is 15.3.